The van der Waals surface area contributed by atoms with Crippen LogP contribution in [0.1, 0.15) is 39.1 Å². The first kappa shape index (κ1) is 20.9. The standard InChI is InChI=1S/C20H22FN3O2.ClH/c1-13-8-9-14(20(26)24-10-4-5-15(24)12-22)11-18(13)23-19(25)16-6-2-3-7-17(16)21;/h2-3,6-9,11,15H,4-5,10,12,22H2,1H3,(H,23,25);1H. The average Bonchev–Trinajstić information content (AvgIpc) is 3.12. The molecule has 3 rings (SSSR count). The van der Waals surface area contributed by atoms with E-state index in [1.165, 1.54) is 18.2 Å². The van der Waals surface area contributed by atoms with Crippen molar-refractivity contribution in [3.05, 3.63) is 65.0 Å². The van der Waals surface area contributed by atoms with Crippen molar-refractivity contribution >= 4 is 29.9 Å². The van der Waals surface area contributed by atoms with E-state index in [0.717, 1.165) is 18.4 Å². The topological polar surface area (TPSA) is 75.4 Å². The number of nitrogens with one attached hydrogen (secondary N) is 1. The molecule has 0 saturated carbocycles. The predicted molar refractivity (Wildman–Crippen MR) is 106 cm³/mol. The number of carbonyl (C=O) groups is 2. The van der Waals surface area contributed by atoms with Gasteiger partial charge in [-0.05, 0) is 49.6 Å². The van der Waals surface area contributed by atoms with Gasteiger partial charge in [0.05, 0.1) is 5.56 Å². The highest BCUT2D eigenvalue weighted by Crippen LogP contribution is 2.23. The molecule has 144 valence electrons. The van der Waals surface area contributed by atoms with Crippen molar-refractivity contribution in [1.82, 2.24) is 4.90 Å². The lowest BCUT2D eigenvalue weighted by Crippen LogP contribution is -2.39. The third-order valence-corrected chi connectivity index (χ3v) is 4.76. The quantitative estimate of drug-likeness (QED) is 0.839. The van der Waals surface area contributed by atoms with E-state index >= 15 is 0 Å². The molecule has 0 aromatic heterocycles. The summed E-state index contributed by atoms with van der Waals surface area (Å²) in [6.45, 7) is 2.95. The van der Waals surface area contributed by atoms with Crippen molar-refractivity contribution in [3.8, 4) is 0 Å². The van der Waals surface area contributed by atoms with Gasteiger partial charge in [-0.25, -0.2) is 4.39 Å². The van der Waals surface area contributed by atoms with E-state index in [-0.39, 0.29) is 29.9 Å². The Morgan fingerprint density at radius 1 is 1.26 bits per heavy atom. The second kappa shape index (κ2) is 8.97. The molecule has 0 spiro atoms. The minimum Gasteiger partial charge on any atom is -0.334 e. The fourth-order valence-electron chi connectivity index (χ4n) is 3.24. The fourth-order valence-corrected chi connectivity index (χ4v) is 3.24. The van der Waals surface area contributed by atoms with Crippen molar-refractivity contribution < 1.29 is 14.0 Å². The van der Waals surface area contributed by atoms with Gasteiger partial charge < -0.3 is 16.0 Å². The Morgan fingerprint density at radius 2 is 2.00 bits per heavy atom. The van der Waals surface area contributed by atoms with Crippen LogP contribution >= 0.6 is 12.4 Å². The minimum absolute atomic E-state index is 0. The van der Waals surface area contributed by atoms with Crippen LogP contribution in [-0.4, -0.2) is 35.8 Å². The summed E-state index contributed by atoms with van der Waals surface area (Å²) >= 11 is 0. The summed E-state index contributed by atoms with van der Waals surface area (Å²) in [5.74, 6) is -1.23. The van der Waals surface area contributed by atoms with Crippen LogP contribution in [-0.2, 0) is 0 Å². The highest BCUT2D eigenvalue weighted by atomic mass is 35.5. The van der Waals surface area contributed by atoms with Crippen LogP contribution in [0.3, 0.4) is 0 Å². The van der Waals surface area contributed by atoms with Crippen molar-refractivity contribution in [2.24, 2.45) is 5.73 Å². The molecule has 1 fully saturated rings. The highest BCUT2D eigenvalue weighted by molar-refractivity contribution is 6.05. The first-order chi connectivity index (χ1) is 12.5. The third-order valence-electron chi connectivity index (χ3n) is 4.76. The lowest BCUT2D eigenvalue weighted by molar-refractivity contribution is 0.0741. The molecule has 2 aromatic carbocycles. The van der Waals surface area contributed by atoms with Gasteiger partial charge in [-0.3, -0.25) is 9.59 Å². The van der Waals surface area contributed by atoms with E-state index in [1.807, 2.05) is 6.92 Å². The number of hydrogen-bond acceptors (Lipinski definition) is 3. The summed E-state index contributed by atoms with van der Waals surface area (Å²) in [6, 6.07) is 11.0. The van der Waals surface area contributed by atoms with Gasteiger partial charge in [0, 0.05) is 30.4 Å². The number of halogens is 2. The molecule has 2 amide bonds. The first-order valence-electron chi connectivity index (χ1n) is 8.69. The maximum atomic E-state index is 13.8. The van der Waals surface area contributed by atoms with Crippen LogP contribution in [0.2, 0.25) is 0 Å². The number of rotatable bonds is 4. The molecule has 0 radical (unpaired) electrons. The van der Waals surface area contributed by atoms with Gasteiger partial charge in [0.25, 0.3) is 11.8 Å². The van der Waals surface area contributed by atoms with Crippen LogP contribution in [0.25, 0.3) is 0 Å². The maximum absolute atomic E-state index is 13.8. The van der Waals surface area contributed by atoms with Crippen LogP contribution in [0.15, 0.2) is 42.5 Å². The molecule has 5 nitrogen and oxygen atoms in total. The molecule has 1 saturated heterocycles. The van der Waals surface area contributed by atoms with Gasteiger partial charge in [-0.1, -0.05) is 18.2 Å². The Hall–Kier alpha value is -2.44. The number of aryl methyl sites for hydroxylation is 1. The number of likely N-dealkylation sites (tertiary alicyclic amines) is 1. The molecule has 2 aromatic rings. The van der Waals surface area contributed by atoms with E-state index in [1.54, 1.807) is 29.2 Å². The maximum Gasteiger partial charge on any atom is 0.258 e. The summed E-state index contributed by atoms with van der Waals surface area (Å²) < 4.78 is 13.8. The normalized spacial score (nSPS) is 16.0. The molecule has 1 aliphatic rings. The molecular weight excluding hydrogens is 369 g/mol. The highest BCUT2D eigenvalue weighted by Gasteiger charge is 2.28. The Kier molecular flexibility index (Phi) is 6.93. The molecular formula is C20H23ClFN3O2. The van der Waals surface area contributed by atoms with Crippen LogP contribution in [0.5, 0.6) is 0 Å². The first-order valence-corrected chi connectivity index (χ1v) is 8.69. The van der Waals surface area contributed by atoms with Crippen molar-refractivity contribution in [1.29, 1.82) is 0 Å². The predicted octanol–water partition coefficient (Wildman–Crippen LogP) is 3.37. The summed E-state index contributed by atoms with van der Waals surface area (Å²) in [7, 11) is 0. The van der Waals surface area contributed by atoms with E-state index in [2.05, 4.69) is 5.32 Å². The van der Waals surface area contributed by atoms with Crippen molar-refractivity contribution in [2.45, 2.75) is 25.8 Å². The number of benzene rings is 2. The van der Waals surface area contributed by atoms with Gasteiger partial charge in [0.1, 0.15) is 5.82 Å². The molecule has 1 heterocycles. The van der Waals surface area contributed by atoms with E-state index in [0.29, 0.717) is 24.3 Å². The zero-order valence-corrected chi connectivity index (χ0v) is 15.9. The molecule has 7 heteroatoms. The monoisotopic (exact) mass is 391 g/mol. The summed E-state index contributed by atoms with van der Waals surface area (Å²) in [4.78, 5) is 26.9. The van der Waals surface area contributed by atoms with Gasteiger partial charge in [-0.2, -0.15) is 0 Å². The molecule has 27 heavy (non-hydrogen) atoms. The Bertz CT molecular complexity index is 844. The second-order valence-electron chi connectivity index (χ2n) is 6.49. The third kappa shape index (κ3) is 4.46. The molecule has 1 aliphatic heterocycles. The lowest BCUT2D eigenvalue weighted by atomic mass is 10.1. The van der Waals surface area contributed by atoms with Crippen LogP contribution in [0, 0.1) is 12.7 Å². The van der Waals surface area contributed by atoms with Gasteiger partial charge in [-0.15, -0.1) is 12.4 Å². The molecule has 0 bridgehead atoms. The van der Waals surface area contributed by atoms with E-state index < -0.39 is 11.7 Å². The van der Waals surface area contributed by atoms with E-state index in [4.69, 9.17) is 5.73 Å². The fraction of sp³-hybridized carbons (Fsp3) is 0.300. The smallest absolute Gasteiger partial charge is 0.258 e. The molecule has 1 unspecified atom stereocenters. The Labute approximate surface area is 164 Å². The number of nitrogens with zero attached hydrogens (tertiary/aromatic N) is 1. The van der Waals surface area contributed by atoms with Crippen molar-refractivity contribution in [3.63, 3.8) is 0 Å². The molecule has 1 atom stereocenters. The lowest BCUT2D eigenvalue weighted by Gasteiger charge is -2.24. The number of carbonyl (C=O) groups excluding carboxylic acids is 2. The largest absolute Gasteiger partial charge is 0.334 e. The molecule has 3 N–H and O–H groups in total. The zero-order chi connectivity index (χ0) is 18.7. The second-order valence-corrected chi connectivity index (χ2v) is 6.49. The van der Waals surface area contributed by atoms with Gasteiger partial charge >= 0.3 is 0 Å². The summed E-state index contributed by atoms with van der Waals surface area (Å²) in [6.07, 6.45) is 1.85. The van der Waals surface area contributed by atoms with Crippen molar-refractivity contribution in [2.75, 3.05) is 18.4 Å². The molecule has 0 aliphatic carbocycles. The SMILES string of the molecule is Cc1ccc(C(=O)N2CCCC2CN)cc1NC(=O)c1ccccc1F.Cl. The minimum atomic E-state index is -0.585. The Balaban J connectivity index is 0.00000261. The number of hydrogen-bond donors (Lipinski definition) is 2. The zero-order valence-electron chi connectivity index (χ0n) is 15.1. The van der Waals surface area contributed by atoms with Gasteiger partial charge in [0.2, 0.25) is 0 Å². The number of nitrogens with two attached hydrogens (primary N) is 1. The summed E-state index contributed by atoms with van der Waals surface area (Å²) in [5, 5.41) is 2.70. The van der Waals surface area contributed by atoms with Crippen LogP contribution in [0.4, 0.5) is 10.1 Å². The number of anilines is 1. The Morgan fingerprint density at radius 3 is 2.70 bits per heavy atom. The van der Waals surface area contributed by atoms with Crippen LogP contribution < -0.4 is 11.1 Å². The average molecular weight is 392 g/mol. The number of amides is 2. The van der Waals surface area contributed by atoms with Gasteiger partial charge in [0.15, 0.2) is 0 Å². The van der Waals surface area contributed by atoms with E-state index in [9.17, 15) is 14.0 Å². The summed E-state index contributed by atoms with van der Waals surface area (Å²) in [5.41, 5.74) is 7.49.